The Morgan fingerprint density at radius 1 is 1.47 bits per heavy atom. The van der Waals surface area contributed by atoms with Crippen LogP contribution in [0.4, 0.5) is 0 Å². The number of thiophene rings is 1. The first-order valence-electron chi connectivity index (χ1n) is 6.69. The van der Waals surface area contributed by atoms with Crippen LogP contribution in [0.3, 0.4) is 0 Å². The predicted molar refractivity (Wildman–Crippen MR) is 75.2 cm³/mol. The maximum atomic E-state index is 6.18. The minimum atomic E-state index is 0.430. The fourth-order valence-electron chi connectivity index (χ4n) is 2.20. The van der Waals surface area contributed by atoms with Crippen molar-refractivity contribution >= 4 is 11.3 Å². The van der Waals surface area contributed by atoms with Crippen LogP contribution < -0.4 is 5.73 Å². The molecule has 1 aliphatic carbocycles. The highest BCUT2D eigenvalue weighted by molar-refractivity contribution is 7.09. The van der Waals surface area contributed by atoms with Gasteiger partial charge in [0, 0.05) is 30.1 Å². The molecule has 0 saturated heterocycles. The fourth-order valence-corrected chi connectivity index (χ4v) is 2.93. The van der Waals surface area contributed by atoms with Crippen molar-refractivity contribution in [2.75, 3.05) is 6.54 Å². The molecule has 1 atom stereocenters. The molecule has 1 fully saturated rings. The first kappa shape index (κ1) is 13.1. The summed E-state index contributed by atoms with van der Waals surface area (Å²) in [6, 6.07) is 5.39. The molecule has 0 radical (unpaired) electrons. The van der Waals surface area contributed by atoms with Crippen LogP contribution in [-0.4, -0.2) is 23.5 Å². The van der Waals surface area contributed by atoms with Gasteiger partial charge in [-0.2, -0.15) is 0 Å². The highest BCUT2D eigenvalue weighted by Crippen LogP contribution is 2.33. The van der Waals surface area contributed by atoms with Crippen molar-refractivity contribution in [3.63, 3.8) is 0 Å². The summed E-state index contributed by atoms with van der Waals surface area (Å²) in [6.07, 6.45) is 3.86. The summed E-state index contributed by atoms with van der Waals surface area (Å²) in [5.74, 6) is 0.825. The Labute approximate surface area is 109 Å². The molecule has 1 aliphatic rings. The second-order valence-corrected chi connectivity index (χ2v) is 6.47. The van der Waals surface area contributed by atoms with E-state index in [2.05, 4.69) is 36.3 Å². The molecule has 0 amide bonds. The zero-order valence-electron chi connectivity index (χ0n) is 10.9. The Balaban J connectivity index is 1.79. The largest absolute Gasteiger partial charge is 0.327 e. The monoisotopic (exact) mass is 252 g/mol. The molecule has 1 aromatic rings. The quantitative estimate of drug-likeness (QED) is 0.808. The average molecular weight is 252 g/mol. The summed E-state index contributed by atoms with van der Waals surface area (Å²) in [7, 11) is 0. The molecule has 3 heteroatoms. The summed E-state index contributed by atoms with van der Waals surface area (Å²) < 4.78 is 0. The van der Waals surface area contributed by atoms with E-state index in [-0.39, 0.29) is 0 Å². The van der Waals surface area contributed by atoms with Crippen molar-refractivity contribution in [3.05, 3.63) is 22.4 Å². The fraction of sp³-hybridized carbons (Fsp3) is 0.714. The topological polar surface area (TPSA) is 29.3 Å². The van der Waals surface area contributed by atoms with Crippen molar-refractivity contribution in [1.29, 1.82) is 0 Å². The first-order chi connectivity index (χ1) is 8.16. The van der Waals surface area contributed by atoms with Gasteiger partial charge >= 0.3 is 0 Å². The minimum absolute atomic E-state index is 0.430. The summed E-state index contributed by atoms with van der Waals surface area (Å²) in [6.45, 7) is 6.76. The van der Waals surface area contributed by atoms with Gasteiger partial charge in [-0.3, -0.25) is 4.90 Å². The molecule has 0 aliphatic heterocycles. The summed E-state index contributed by atoms with van der Waals surface area (Å²) in [5, 5.41) is 2.16. The van der Waals surface area contributed by atoms with Crippen molar-refractivity contribution in [2.24, 2.45) is 11.7 Å². The van der Waals surface area contributed by atoms with Gasteiger partial charge in [0.15, 0.2) is 0 Å². The van der Waals surface area contributed by atoms with Crippen molar-refractivity contribution in [3.8, 4) is 0 Å². The van der Waals surface area contributed by atoms with Crippen molar-refractivity contribution < 1.29 is 0 Å². The Kier molecular flexibility index (Phi) is 4.60. The number of rotatable bonds is 7. The average Bonchev–Trinajstić information content (AvgIpc) is 3.02. The van der Waals surface area contributed by atoms with Crippen molar-refractivity contribution in [2.45, 2.75) is 51.7 Å². The van der Waals surface area contributed by atoms with Crippen LogP contribution in [-0.2, 0) is 6.54 Å². The third-order valence-electron chi connectivity index (χ3n) is 3.65. The van der Waals surface area contributed by atoms with E-state index in [1.807, 2.05) is 11.3 Å². The molecule has 2 N–H and O–H groups in total. The summed E-state index contributed by atoms with van der Waals surface area (Å²) >= 11 is 1.85. The lowest BCUT2D eigenvalue weighted by molar-refractivity contribution is 0.204. The molecule has 2 nitrogen and oxygen atoms in total. The second-order valence-electron chi connectivity index (χ2n) is 5.43. The van der Waals surface area contributed by atoms with Crippen LogP contribution >= 0.6 is 11.3 Å². The summed E-state index contributed by atoms with van der Waals surface area (Å²) in [5.41, 5.74) is 6.18. The van der Waals surface area contributed by atoms with Crippen LogP contribution in [0.1, 0.15) is 38.0 Å². The smallest absolute Gasteiger partial charge is 0.0330 e. The van der Waals surface area contributed by atoms with Crippen LogP contribution in [0, 0.1) is 5.92 Å². The third kappa shape index (κ3) is 4.09. The van der Waals surface area contributed by atoms with Gasteiger partial charge in [0.2, 0.25) is 0 Å². The highest BCUT2D eigenvalue weighted by atomic mass is 32.1. The SMILES string of the molecule is CC(C)N(CCC(N)C1CC1)Cc1cccs1. The van der Waals surface area contributed by atoms with Gasteiger partial charge in [-0.25, -0.2) is 0 Å². The standard InChI is InChI=1S/C14H24N2S/c1-11(2)16(10-13-4-3-9-17-13)8-7-14(15)12-5-6-12/h3-4,9,11-12,14H,5-8,10,15H2,1-2H3. The van der Waals surface area contributed by atoms with Gasteiger partial charge < -0.3 is 5.73 Å². The lowest BCUT2D eigenvalue weighted by Gasteiger charge is -2.27. The van der Waals surface area contributed by atoms with Gasteiger partial charge in [-0.05, 0) is 50.5 Å². The Morgan fingerprint density at radius 3 is 2.76 bits per heavy atom. The minimum Gasteiger partial charge on any atom is -0.327 e. The van der Waals surface area contributed by atoms with E-state index >= 15 is 0 Å². The number of nitrogens with two attached hydrogens (primary N) is 1. The number of nitrogens with zero attached hydrogens (tertiary/aromatic N) is 1. The number of hydrogen-bond donors (Lipinski definition) is 1. The molecule has 17 heavy (non-hydrogen) atoms. The van der Waals surface area contributed by atoms with Crippen LogP contribution in [0.25, 0.3) is 0 Å². The third-order valence-corrected chi connectivity index (χ3v) is 4.51. The van der Waals surface area contributed by atoms with E-state index in [0.717, 1.165) is 25.4 Å². The molecule has 1 unspecified atom stereocenters. The van der Waals surface area contributed by atoms with Crippen LogP contribution in [0.15, 0.2) is 17.5 Å². The Hall–Kier alpha value is -0.380. The first-order valence-corrected chi connectivity index (χ1v) is 7.57. The molecule has 0 aromatic carbocycles. The van der Waals surface area contributed by atoms with E-state index in [1.54, 1.807) is 0 Å². The zero-order valence-corrected chi connectivity index (χ0v) is 11.7. The molecule has 1 saturated carbocycles. The summed E-state index contributed by atoms with van der Waals surface area (Å²) in [4.78, 5) is 3.99. The normalized spacial score (nSPS) is 17.9. The van der Waals surface area contributed by atoms with Crippen molar-refractivity contribution in [1.82, 2.24) is 4.90 Å². The van der Waals surface area contributed by atoms with Crippen LogP contribution in [0.5, 0.6) is 0 Å². The van der Waals surface area contributed by atoms with E-state index in [9.17, 15) is 0 Å². The second kappa shape index (κ2) is 5.98. The maximum Gasteiger partial charge on any atom is 0.0330 e. The lowest BCUT2D eigenvalue weighted by atomic mass is 10.1. The van der Waals surface area contributed by atoms with E-state index in [1.165, 1.54) is 17.7 Å². The maximum absolute atomic E-state index is 6.18. The zero-order chi connectivity index (χ0) is 12.3. The molecule has 1 aromatic heterocycles. The van der Waals surface area contributed by atoms with E-state index < -0.39 is 0 Å². The molecular weight excluding hydrogens is 228 g/mol. The molecule has 1 heterocycles. The Bertz CT molecular complexity index is 317. The molecular formula is C14H24N2S. The van der Waals surface area contributed by atoms with Gasteiger partial charge in [0.05, 0.1) is 0 Å². The molecule has 2 rings (SSSR count). The lowest BCUT2D eigenvalue weighted by Crippen LogP contribution is -2.35. The molecule has 0 bridgehead atoms. The van der Waals surface area contributed by atoms with Gasteiger partial charge in [0.1, 0.15) is 0 Å². The van der Waals surface area contributed by atoms with Gasteiger partial charge in [-0.15, -0.1) is 11.3 Å². The predicted octanol–water partition coefficient (Wildman–Crippen LogP) is 3.09. The van der Waals surface area contributed by atoms with Gasteiger partial charge in [-0.1, -0.05) is 6.07 Å². The number of hydrogen-bond acceptors (Lipinski definition) is 3. The molecule has 96 valence electrons. The highest BCUT2D eigenvalue weighted by Gasteiger charge is 2.28. The Morgan fingerprint density at radius 2 is 2.24 bits per heavy atom. The van der Waals surface area contributed by atoms with E-state index in [4.69, 9.17) is 5.73 Å². The molecule has 0 spiro atoms. The van der Waals surface area contributed by atoms with Crippen LogP contribution in [0.2, 0.25) is 0 Å². The van der Waals surface area contributed by atoms with E-state index in [0.29, 0.717) is 12.1 Å². The van der Waals surface area contributed by atoms with Gasteiger partial charge in [0.25, 0.3) is 0 Å².